The maximum Gasteiger partial charge on any atom is 0.529 e. The van der Waals surface area contributed by atoms with E-state index in [1.54, 1.807) is 7.11 Å². The molecule has 0 aromatic carbocycles. The Balaban J connectivity index is 4.22. The molecule has 0 atom stereocenters. The van der Waals surface area contributed by atoms with Crippen LogP contribution in [0.15, 0.2) is 11.8 Å². The number of ether oxygens (including phenoxy) is 1. The summed E-state index contributed by atoms with van der Waals surface area (Å²) in [5.41, 5.74) is 2.01. The van der Waals surface area contributed by atoms with Gasteiger partial charge < -0.3 is 18.0 Å². The number of methoxy groups -OCH3 is 1. The van der Waals surface area contributed by atoms with Crippen LogP contribution in [0, 0.1) is 0 Å². The van der Waals surface area contributed by atoms with E-state index in [1.165, 1.54) is 0 Å². The van der Waals surface area contributed by atoms with E-state index in [1.807, 2.05) is 26.5 Å². The zero-order valence-electron chi connectivity index (χ0n) is 12.2. The number of unbranched alkanes of at least 4 members (excludes halogenated alkanes) is 2. The average molecular weight is 276 g/mol. The van der Waals surface area contributed by atoms with Crippen molar-refractivity contribution in [3.63, 3.8) is 0 Å². The molecule has 0 saturated carbocycles. The van der Waals surface area contributed by atoms with Crippen molar-refractivity contribution in [1.29, 1.82) is 0 Å². The highest BCUT2D eigenvalue weighted by Gasteiger charge is 2.37. The fourth-order valence-electron chi connectivity index (χ4n) is 1.61. The molecule has 0 aliphatic heterocycles. The zero-order valence-corrected chi connectivity index (χ0v) is 13.2. The Bertz CT molecular complexity index is 192. The lowest BCUT2D eigenvalue weighted by Gasteiger charge is -2.25. The molecule has 5 heteroatoms. The van der Waals surface area contributed by atoms with Crippen LogP contribution in [0.2, 0.25) is 0 Å². The van der Waals surface area contributed by atoms with Gasteiger partial charge >= 0.3 is 8.80 Å². The van der Waals surface area contributed by atoms with Gasteiger partial charge in [-0.15, -0.1) is 0 Å². The van der Waals surface area contributed by atoms with Gasteiger partial charge in [-0.05, 0) is 45.7 Å². The zero-order chi connectivity index (χ0) is 13.7. The molecule has 0 heterocycles. The van der Waals surface area contributed by atoms with E-state index in [0.29, 0.717) is 19.8 Å². The molecule has 0 aromatic rings. The second kappa shape index (κ2) is 11.9. The maximum atomic E-state index is 5.72. The van der Waals surface area contributed by atoms with E-state index >= 15 is 0 Å². The van der Waals surface area contributed by atoms with Crippen molar-refractivity contribution in [2.24, 2.45) is 0 Å². The molecular formula is C13H28O4Si. The predicted octanol–water partition coefficient (Wildman–Crippen LogP) is 2.95. The molecule has 18 heavy (non-hydrogen) atoms. The van der Waals surface area contributed by atoms with Crippen LogP contribution in [-0.2, 0) is 18.0 Å². The highest BCUT2D eigenvalue weighted by molar-refractivity contribution is 6.66. The number of hydrogen-bond acceptors (Lipinski definition) is 4. The number of allylic oxidation sites excluding steroid dienone is 1. The lowest BCUT2D eigenvalue weighted by atomic mass is 10.2. The Hall–Kier alpha value is -0.203. The van der Waals surface area contributed by atoms with Crippen molar-refractivity contribution >= 4 is 8.80 Å². The largest absolute Gasteiger partial charge is 0.529 e. The van der Waals surface area contributed by atoms with Gasteiger partial charge in [-0.25, -0.2) is 0 Å². The third-order valence-electron chi connectivity index (χ3n) is 2.33. The molecule has 0 aliphatic carbocycles. The highest BCUT2D eigenvalue weighted by Crippen LogP contribution is 2.13. The standard InChI is InChI=1S/C13H28O4Si/c1-5-15-18(16-6-2,17-7-3)13-11-9-8-10-12-14-4/h11,13H,5-10,12H2,1-4H3. The van der Waals surface area contributed by atoms with Crippen LogP contribution in [0.1, 0.15) is 40.0 Å². The summed E-state index contributed by atoms with van der Waals surface area (Å²) >= 11 is 0. The first-order valence-electron chi connectivity index (χ1n) is 6.83. The van der Waals surface area contributed by atoms with Crippen LogP contribution >= 0.6 is 0 Å². The molecule has 0 aliphatic rings. The molecular weight excluding hydrogens is 248 g/mol. The second-order valence-corrected chi connectivity index (χ2v) is 6.20. The van der Waals surface area contributed by atoms with Crippen LogP contribution in [0.4, 0.5) is 0 Å². The Morgan fingerprint density at radius 2 is 1.44 bits per heavy atom. The average Bonchev–Trinajstić information content (AvgIpc) is 2.35. The van der Waals surface area contributed by atoms with E-state index < -0.39 is 8.80 Å². The Morgan fingerprint density at radius 3 is 1.89 bits per heavy atom. The van der Waals surface area contributed by atoms with Gasteiger partial charge in [0.15, 0.2) is 0 Å². The van der Waals surface area contributed by atoms with Gasteiger partial charge in [-0.3, -0.25) is 0 Å². The first-order chi connectivity index (χ1) is 8.74. The lowest BCUT2D eigenvalue weighted by molar-refractivity contribution is 0.0842. The van der Waals surface area contributed by atoms with Crippen LogP contribution in [0.5, 0.6) is 0 Å². The molecule has 0 rings (SSSR count). The summed E-state index contributed by atoms with van der Waals surface area (Å²) in [7, 11) is -0.847. The van der Waals surface area contributed by atoms with Crippen molar-refractivity contribution in [3.05, 3.63) is 11.8 Å². The Kier molecular flexibility index (Phi) is 11.7. The minimum atomic E-state index is -2.58. The van der Waals surface area contributed by atoms with Gasteiger partial charge in [-0.2, -0.15) is 0 Å². The van der Waals surface area contributed by atoms with Crippen LogP contribution in [-0.4, -0.2) is 42.3 Å². The summed E-state index contributed by atoms with van der Waals surface area (Å²) in [6.45, 7) is 8.55. The molecule has 0 bridgehead atoms. The Labute approximate surface area is 113 Å². The van der Waals surface area contributed by atoms with E-state index in [4.69, 9.17) is 18.0 Å². The van der Waals surface area contributed by atoms with Crippen molar-refractivity contribution < 1.29 is 18.0 Å². The summed E-state index contributed by atoms with van der Waals surface area (Å²) in [4.78, 5) is 0. The van der Waals surface area contributed by atoms with E-state index in [2.05, 4.69) is 6.08 Å². The first-order valence-corrected chi connectivity index (χ1v) is 8.63. The van der Waals surface area contributed by atoms with Gasteiger partial charge in [0.05, 0.1) is 0 Å². The number of rotatable bonds is 12. The molecule has 0 saturated heterocycles. The van der Waals surface area contributed by atoms with Crippen molar-refractivity contribution in [1.82, 2.24) is 0 Å². The van der Waals surface area contributed by atoms with Crippen LogP contribution in [0.25, 0.3) is 0 Å². The summed E-state index contributed by atoms with van der Waals surface area (Å²) in [6, 6.07) is 0. The van der Waals surface area contributed by atoms with E-state index in [0.717, 1.165) is 25.9 Å². The van der Waals surface area contributed by atoms with Gasteiger partial charge in [-0.1, -0.05) is 6.08 Å². The molecule has 0 aromatic heterocycles. The molecule has 4 nitrogen and oxygen atoms in total. The van der Waals surface area contributed by atoms with E-state index in [9.17, 15) is 0 Å². The third-order valence-corrected chi connectivity index (χ3v) is 5.04. The molecule has 108 valence electrons. The quantitative estimate of drug-likeness (QED) is 0.406. The fourth-order valence-corrected chi connectivity index (χ4v) is 3.81. The minimum Gasteiger partial charge on any atom is -0.385 e. The second-order valence-electron chi connectivity index (χ2n) is 3.79. The SMILES string of the molecule is CCO[Si](C=CCCCCOC)(OCC)OCC. The van der Waals surface area contributed by atoms with Crippen molar-refractivity contribution in [3.8, 4) is 0 Å². The molecule has 0 N–H and O–H groups in total. The smallest absolute Gasteiger partial charge is 0.385 e. The lowest BCUT2D eigenvalue weighted by Crippen LogP contribution is -2.44. The summed E-state index contributed by atoms with van der Waals surface area (Å²) in [6.07, 6.45) is 5.31. The van der Waals surface area contributed by atoms with Crippen LogP contribution in [0.3, 0.4) is 0 Å². The first kappa shape index (κ1) is 17.8. The predicted molar refractivity (Wildman–Crippen MR) is 75.5 cm³/mol. The molecule has 0 radical (unpaired) electrons. The van der Waals surface area contributed by atoms with Gasteiger partial charge in [0, 0.05) is 33.5 Å². The minimum absolute atomic E-state index is 0.611. The molecule has 0 amide bonds. The fraction of sp³-hybridized carbons (Fsp3) is 0.846. The van der Waals surface area contributed by atoms with Gasteiger partial charge in [0.1, 0.15) is 0 Å². The maximum absolute atomic E-state index is 5.72. The molecule has 0 unspecified atom stereocenters. The van der Waals surface area contributed by atoms with E-state index in [-0.39, 0.29) is 0 Å². The highest BCUT2D eigenvalue weighted by atomic mass is 28.4. The van der Waals surface area contributed by atoms with Crippen molar-refractivity contribution in [2.45, 2.75) is 40.0 Å². The molecule has 0 spiro atoms. The monoisotopic (exact) mass is 276 g/mol. The number of hydrogen-bond donors (Lipinski definition) is 0. The molecule has 0 fully saturated rings. The summed E-state index contributed by atoms with van der Waals surface area (Å²) in [5, 5.41) is 0. The van der Waals surface area contributed by atoms with Crippen LogP contribution < -0.4 is 0 Å². The Morgan fingerprint density at radius 1 is 0.889 bits per heavy atom. The third kappa shape index (κ3) is 8.00. The van der Waals surface area contributed by atoms with Crippen molar-refractivity contribution in [2.75, 3.05) is 33.5 Å². The normalized spacial score (nSPS) is 12.4. The topological polar surface area (TPSA) is 36.9 Å². The van der Waals surface area contributed by atoms with Gasteiger partial charge in [0.2, 0.25) is 0 Å². The van der Waals surface area contributed by atoms with Gasteiger partial charge in [0.25, 0.3) is 0 Å². The summed E-state index contributed by atoms with van der Waals surface area (Å²) in [5.74, 6) is 0. The summed E-state index contributed by atoms with van der Waals surface area (Å²) < 4.78 is 22.2.